The highest BCUT2D eigenvalue weighted by atomic mass is 35.5. The second-order valence-electron chi connectivity index (χ2n) is 9.14. The summed E-state index contributed by atoms with van der Waals surface area (Å²) in [6.45, 7) is 4.22. The van der Waals surface area contributed by atoms with Gasteiger partial charge in [0, 0.05) is 5.69 Å². The van der Waals surface area contributed by atoms with E-state index in [1.807, 2.05) is 61.5 Å². The molecule has 0 fully saturated rings. The summed E-state index contributed by atoms with van der Waals surface area (Å²) in [6, 6.07) is 19.3. The van der Waals surface area contributed by atoms with Gasteiger partial charge in [-0.1, -0.05) is 53.3 Å². The summed E-state index contributed by atoms with van der Waals surface area (Å²) in [7, 11) is 3.03. The fourth-order valence-electron chi connectivity index (χ4n) is 4.73. The third kappa shape index (κ3) is 5.64. The summed E-state index contributed by atoms with van der Waals surface area (Å²) in [5.41, 5.74) is 2.68. The molecule has 0 saturated carbocycles. The van der Waals surface area contributed by atoms with E-state index in [2.05, 4.69) is 5.32 Å². The average Bonchev–Trinajstić information content (AvgIpc) is 3.26. The molecule has 3 aromatic carbocycles. The molecule has 2 heterocycles. The van der Waals surface area contributed by atoms with Crippen molar-refractivity contribution in [3.8, 4) is 17.2 Å². The van der Waals surface area contributed by atoms with Gasteiger partial charge >= 0.3 is 0 Å². The molecule has 1 atom stereocenters. The van der Waals surface area contributed by atoms with E-state index < -0.39 is 6.04 Å². The van der Waals surface area contributed by atoms with Crippen LogP contribution in [0.15, 0.2) is 87.8 Å². The standard InChI is InChI=1S/C31H28ClN3O5S/c1-5-40-22-13-11-20(12-14-22)27-26(29(36)34-21-9-7-6-8-10-21)18(2)33-31-35(27)30(37)25(41-31)17-19-15-23(32)28(39-4)24(16-19)38-3/h6-17,27H,5H2,1-4H3,(H,34,36)/b25-17-/t27-/m0/s1. The SMILES string of the molecule is CCOc1ccc([C@H]2C(C(=O)Nc3ccccc3)=C(C)N=c3s/c(=C\c4cc(Cl)c(OC)c(OC)c4)c(=O)n32)cc1. The largest absolute Gasteiger partial charge is 0.494 e. The van der Waals surface area contributed by atoms with E-state index in [-0.39, 0.29) is 11.5 Å². The lowest BCUT2D eigenvalue weighted by molar-refractivity contribution is -0.113. The van der Waals surface area contributed by atoms with Crippen molar-refractivity contribution in [2.24, 2.45) is 4.99 Å². The molecular formula is C31H28ClN3O5S. The van der Waals surface area contributed by atoms with Gasteiger partial charge in [-0.05, 0) is 67.4 Å². The molecule has 10 heteroatoms. The molecule has 0 saturated heterocycles. The number of halogens is 1. The van der Waals surface area contributed by atoms with Gasteiger partial charge in [0.25, 0.3) is 11.5 Å². The van der Waals surface area contributed by atoms with Crippen molar-refractivity contribution in [1.29, 1.82) is 0 Å². The second-order valence-corrected chi connectivity index (χ2v) is 10.6. The molecule has 0 bridgehead atoms. The van der Waals surface area contributed by atoms with Crippen LogP contribution in [0.5, 0.6) is 17.2 Å². The number of anilines is 1. The van der Waals surface area contributed by atoms with Crippen LogP contribution in [0.4, 0.5) is 5.69 Å². The van der Waals surface area contributed by atoms with Crippen LogP contribution < -0.4 is 34.4 Å². The Morgan fingerprint density at radius 3 is 2.49 bits per heavy atom. The van der Waals surface area contributed by atoms with Crippen LogP contribution in [-0.4, -0.2) is 31.3 Å². The molecule has 41 heavy (non-hydrogen) atoms. The van der Waals surface area contributed by atoms with E-state index in [4.69, 9.17) is 30.8 Å². The van der Waals surface area contributed by atoms with Crippen molar-refractivity contribution in [3.63, 3.8) is 0 Å². The number of ether oxygens (including phenoxy) is 3. The van der Waals surface area contributed by atoms with Gasteiger partial charge in [0.05, 0.1) is 47.7 Å². The number of hydrogen-bond acceptors (Lipinski definition) is 7. The van der Waals surface area contributed by atoms with Gasteiger partial charge in [0.2, 0.25) is 0 Å². The number of carbonyl (C=O) groups excluding carboxylic acids is 1. The highest BCUT2D eigenvalue weighted by Gasteiger charge is 2.32. The maximum atomic E-state index is 14.0. The number of rotatable bonds is 8. The average molecular weight is 590 g/mol. The first-order valence-electron chi connectivity index (χ1n) is 12.9. The zero-order valence-corrected chi connectivity index (χ0v) is 24.5. The molecular weight excluding hydrogens is 562 g/mol. The van der Waals surface area contributed by atoms with Crippen LogP contribution in [0.3, 0.4) is 0 Å². The number of allylic oxidation sites excluding steroid dienone is 1. The lowest BCUT2D eigenvalue weighted by atomic mass is 9.95. The minimum Gasteiger partial charge on any atom is -0.494 e. The number of aromatic nitrogens is 1. The lowest BCUT2D eigenvalue weighted by Crippen LogP contribution is -2.40. The van der Waals surface area contributed by atoms with E-state index in [1.165, 1.54) is 25.6 Å². The maximum Gasteiger partial charge on any atom is 0.271 e. The van der Waals surface area contributed by atoms with Gasteiger partial charge < -0.3 is 19.5 Å². The van der Waals surface area contributed by atoms with Crippen LogP contribution in [-0.2, 0) is 4.79 Å². The zero-order valence-electron chi connectivity index (χ0n) is 22.9. The van der Waals surface area contributed by atoms with Crippen LogP contribution >= 0.6 is 22.9 Å². The normalized spacial score (nSPS) is 14.8. The molecule has 1 N–H and O–H groups in total. The summed E-state index contributed by atoms with van der Waals surface area (Å²) in [5, 5.41) is 3.31. The van der Waals surface area contributed by atoms with E-state index >= 15 is 0 Å². The lowest BCUT2D eigenvalue weighted by Gasteiger charge is -2.25. The Labute approximate surface area is 245 Å². The molecule has 0 unspecified atom stereocenters. The molecule has 1 amide bonds. The van der Waals surface area contributed by atoms with Crippen molar-refractivity contribution >= 4 is 40.6 Å². The van der Waals surface area contributed by atoms with Gasteiger partial charge in [0.1, 0.15) is 5.75 Å². The Kier molecular flexibility index (Phi) is 8.28. The number of carbonyl (C=O) groups is 1. The first kappa shape index (κ1) is 28.2. The summed E-state index contributed by atoms with van der Waals surface area (Å²) in [5.74, 6) is 1.22. The molecule has 1 aliphatic rings. The molecule has 1 aliphatic heterocycles. The number of hydrogen-bond donors (Lipinski definition) is 1. The van der Waals surface area contributed by atoms with Crippen LogP contribution in [0.25, 0.3) is 6.08 Å². The predicted octanol–water partition coefficient (Wildman–Crippen LogP) is 4.94. The topological polar surface area (TPSA) is 91.2 Å². The maximum absolute atomic E-state index is 14.0. The fraction of sp³-hybridized carbons (Fsp3) is 0.194. The van der Waals surface area contributed by atoms with E-state index in [1.54, 1.807) is 29.7 Å². The van der Waals surface area contributed by atoms with Gasteiger partial charge in [-0.25, -0.2) is 4.99 Å². The summed E-state index contributed by atoms with van der Waals surface area (Å²) < 4.78 is 18.4. The van der Waals surface area contributed by atoms with Gasteiger partial charge in [-0.3, -0.25) is 14.2 Å². The molecule has 5 rings (SSSR count). The van der Waals surface area contributed by atoms with Crippen molar-refractivity contribution < 1.29 is 19.0 Å². The Morgan fingerprint density at radius 1 is 1.10 bits per heavy atom. The van der Waals surface area contributed by atoms with Crippen molar-refractivity contribution in [2.75, 3.05) is 26.1 Å². The number of para-hydroxylation sites is 1. The number of thiazole rings is 1. The molecule has 8 nitrogen and oxygen atoms in total. The van der Waals surface area contributed by atoms with Crippen LogP contribution in [0, 0.1) is 0 Å². The Morgan fingerprint density at radius 2 is 1.83 bits per heavy atom. The quantitative estimate of drug-likeness (QED) is 0.314. The molecule has 0 radical (unpaired) electrons. The smallest absolute Gasteiger partial charge is 0.271 e. The first-order valence-corrected chi connectivity index (χ1v) is 14.1. The van der Waals surface area contributed by atoms with Gasteiger partial charge in [-0.15, -0.1) is 0 Å². The van der Waals surface area contributed by atoms with Crippen LogP contribution in [0.2, 0.25) is 5.02 Å². The molecule has 0 spiro atoms. The first-order chi connectivity index (χ1) is 19.8. The Hall–Kier alpha value is -4.34. The Bertz CT molecular complexity index is 1810. The predicted molar refractivity (Wildman–Crippen MR) is 161 cm³/mol. The third-order valence-corrected chi connectivity index (χ3v) is 7.82. The molecule has 210 valence electrons. The number of nitrogens with zero attached hydrogens (tertiary/aromatic N) is 2. The van der Waals surface area contributed by atoms with E-state index in [0.29, 0.717) is 60.7 Å². The molecule has 1 aromatic heterocycles. The summed E-state index contributed by atoms with van der Waals surface area (Å²) >= 11 is 7.65. The van der Waals surface area contributed by atoms with Gasteiger partial charge in [0.15, 0.2) is 16.3 Å². The van der Waals surface area contributed by atoms with E-state index in [9.17, 15) is 9.59 Å². The van der Waals surface area contributed by atoms with Gasteiger partial charge in [-0.2, -0.15) is 0 Å². The number of amides is 1. The number of nitrogens with one attached hydrogen (secondary N) is 1. The highest BCUT2D eigenvalue weighted by molar-refractivity contribution is 7.07. The minimum atomic E-state index is -0.707. The fourth-order valence-corrected chi connectivity index (χ4v) is 6.08. The summed E-state index contributed by atoms with van der Waals surface area (Å²) in [4.78, 5) is 32.9. The molecule has 0 aliphatic carbocycles. The Balaban J connectivity index is 1.66. The van der Waals surface area contributed by atoms with Crippen molar-refractivity contribution in [2.45, 2.75) is 19.9 Å². The number of fused-ring (bicyclic) bond motifs is 1. The number of benzene rings is 3. The highest BCUT2D eigenvalue weighted by Crippen LogP contribution is 2.36. The second kappa shape index (κ2) is 12.0. The molecule has 4 aromatic rings. The monoisotopic (exact) mass is 589 g/mol. The third-order valence-electron chi connectivity index (χ3n) is 6.56. The minimum absolute atomic E-state index is 0.281. The van der Waals surface area contributed by atoms with Crippen molar-refractivity contribution in [1.82, 2.24) is 4.57 Å². The van der Waals surface area contributed by atoms with Crippen LogP contribution in [0.1, 0.15) is 31.0 Å². The zero-order chi connectivity index (χ0) is 29.1. The van der Waals surface area contributed by atoms with E-state index in [0.717, 1.165) is 5.56 Å². The summed E-state index contributed by atoms with van der Waals surface area (Å²) in [6.07, 6.45) is 1.73. The number of methoxy groups -OCH3 is 2. The van der Waals surface area contributed by atoms with Crippen molar-refractivity contribution in [3.05, 3.63) is 114 Å².